The second-order valence-corrected chi connectivity index (χ2v) is 3.86. The minimum atomic E-state index is 0.550. The summed E-state index contributed by atoms with van der Waals surface area (Å²) in [6.45, 7) is 5.24. The summed E-state index contributed by atoms with van der Waals surface area (Å²) in [5, 5.41) is 3.34. The van der Waals surface area contributed by atoms with Crippen LogP contribution in [0.3, 0.4) is 0 Å². The average Bonchev–Trinajstić information content (AvgIpc) is 2.04. The lowest BCUT2D eigenvalue weighted by molar-refractivity contribution is 0.259. The van der Waals surface area contributed by atoms with E-state index in [-0.39, 0.29) is 0 Å². The average molecular weight is 190 g/mol. The molecule has 11 heavy (non-hydrogen) atoms. The zero-order valence-corrected chi connectivity index (χ0v) is 8.42. The van der Waals surface area contributed by atoms with E-state index in [1.807, 2.05) is 0 Å². The fourth-order valence-corrected chi connectivity index (χ4v) is 1.88. The van der Waals surface area contributed by atoms with Crippen molar-refractivity contribution in [1.29, 1.82) is 0 Å². The minimum Gasteiger partial charge on any atom is -0.352 e. The summed E-state index contributed by atoms with van der Waals surface area (Å²) in [4.78, 5) is 2.19. The van der Waals surface area contributed by atoms with Crippen LogP contribution in [0.25, 0.3) is 0 Å². The summed E-state index contributed by atoms with van der Waals surface area (Å²) >= 11 is 9.21. The number of nitrogens with zero attached hydrogens (tertiary/aromatic N) is 1. The summed E-state index contributed by atoms with van der Waals surface area (Å²) in [5.41, 5.74) is 0. The van der Waals surface area contributed by atoms with Crippen LogP contribution in [-0.2, 0) is 0 Å². The predicted octanol–water partition coefficient (Wildman–Crippen LogP) is 0.885. The van der Waals surface area contributed by atoms with Crippen molar-refractivity contribution in [2.75, 3.05) is 19.6 Å². The number of thiol groups is 1. The van der Waals surface area contributed by atoms with Gasteiger partial charge in [-0.2, -0.15) is 0 Å². The molecule has 1 aliphatic heterocycles. The van der Waals surface area contributed by atoms with E-state index in [4.69, 9.17) is 12.2 Å². The van der Waals surface area contributed by atoms with E-state index in [0.717, 1.165) is 30.4 Å². The van der Waals surface area contributed by atoms with Gasteiger partial charge in [0.15, 0.2) is 0 Å². The Bertz CT molecular complexity index is 149. The third-order valence-electron chi connectivity index (χ3n) is 2.07. The Balaban J connectivity index is 2.51. The Morgan fingerprint density at radius 2 is 2.55 bits per heavy atom. The SMILES string of the molecule is CCC1CNCCN1C(=S)S. The van der Waals surface area contributed by atoms with Gasteiger partial charge in [-0.25, -0.2) is 0 Å². The van der Waals surface area contributed by atoms with E-state index in [1.54, 1.807) is 0 Å². The Morgan fingerprint density at radius 1 is 1.82 bits per heavy atom. The quantitative estimate of drug-likeness (QED) is 0.472. The van der Waals surface area contributed by atoms with Gasteiger partial charge in [0.05, 0.1) is 0 Å². The fourth-order valence-electron chi connectivity index (χ4n) is 1.38. The molecule has 1 aliphatic rings. The number of hydrogen-bond donors (Lipinski definition) is 2. The first-order valence-corrected chi connectivity index (χ1v) is 4.81. The van der Waals surface area contributed by atoms with Crippen LogP contribution >= 0.6 is 24.8 Å². The molecule has 0 saturated carbocycles. The highest BCUT2D eigenvalue weighted by Gasteiger charge is 2.20. The maximum Gasteiger partial charge on any atom is 0.133 e. The number of thiocarbonyl (C=S) groups is 1. The van der Waals surface area contributed by atoms with Gasteiger partial charge in [0.2, 0.25) is 0 Å². The van der Waals surface area contributed by atoms with Crippen molar-refractivity contribution in [2.24, 2.45) is 0 Å². The molecule has 1 heterocycles. The van der Waals surface area contributed by atoms with E-state index in [0.29, 0.717) is 6.04 Å². The van der Waals surface area contributed by atoms with Gasteiger partial charge in [-0.15, -0.1) is 12.6 Å². The minimum absolute atomic E-state index is 0.550. The molecular formula is C7H14N2S2. The zero-order valence-electron chi connectivity index (χ0n) is 6.71. The lowest BCUT2D eigenvalue weighted by Gasteiger charge is -2.36. The maximum absolute atomic E-state index is 5.02. The van der Waals surface area contributed by atoms with Gasteiger partial charge in [0, 0.05) is 25.7 Å². The molecule has 1 fully saturated rings. The Morgan fingerprint density at radius 3 is 3.00 bits per heavy atom. The summed E-state index contributed by atoms with van der Waals surface area (Å²) in [7, 11) is 0. The molecule has 1 saturated heterocycles. The van der Waals surface area contributed by atoms with E-state index in [2.05, 4.69) is 29.8 Å². The molecule has 1 rings (SSSR count). The van der Waals surface area contributed by atoms with Gasteiger partial charge in [-0.3, -0.25) is 0 Å². The molecule has 0 aromatic heterocycles. The number of rotatable bonds is 1. The van der Waals surface area contributed by atoms with Crippen LogP contribution in [0.5, 0.6) is 0 Å². The molecule has 1 atom stereocenters. The zero-order chi connectivity index (χ0) is 8.27. The Hall–Kier alpha value is 0.200. The van der Waals surface area contributed by atoms with Gasteiger partial charge in [-0.1, -0.05) is 19.1 Å². The normalized spacial score (nSPS) is 25.3. The molecule has 4 heteroatoms. The van der Waals surface area contributed by atoms with Crippen molar-refractivity contribution < 1.29 is 0 Å². The van der Waals surface area contributed by atoms with Crippen molar-refractivity contribution in [3.05, 3.63) is 0 Å². The van der Waals surface area contributed by atoms with E-state index in [9.17, 15) is 0 Å². The maximum atomic E-state index is 5.02. The lowest BCUT2D eigenvalue weighted by Crippen LogP contribution is -2.51. The molecule has 64 valence electrons. The summed E-state index contributed by atoms with van der Waals surface area (Å²) in [6.07, 6.45) is 1.13. The number of hydrogen-bond acceptors (Lipinski definition) is 2. The van der Waals surface area contributed by atoms with E-state index < -0.39 is 0 Å². The van der Waals surface area contributed by atoms with Crippen molar-refractivity contribution in [1.82, 2.24) is 10.2 Å². The first-order valence-electron chi connectivity index (χ1n) is 3.96. The number of piperazine rings is 1. The molecule has 0 aromatic carbocycles. The highest BCUT2D eigenvalue weighted by atomic mass is 32.1. The molecule has 0 spiro atoms. The molecule has 1 unspecified atom stereocenters. The molecule has 0 aliphatic carbocycles. The first kappa shape index (κ1) is 9.29. The van der Waals surface area contributed by atoms with Crippen LogP contribution < -0.4 is 5.32 Å². The highest BCUT2D eigenvalue weighted by molar-refractivity contribution is 8.10. The van der Waals surface area contributed by atoms with Gasteiger partial charge < -0.3 is 10.2 Å². The van der Waals surface area contributed by atoms with Crippen LogP contribution in [0.4, 0.5) is 0 Å². The molecule has 1 N–H and O–H groups in total. The molecule has 0 radical (unpaired) electrons. The van der Waals surface area contributed by atoms with Crippen molar-refractivity contribution in [2.45, 2.75) is 19.4 Å². The third-order valence-corrected chi connectivity index (χ3v) is 2.56. The second kappa shape index (κ2) is 4.28. The van der Waals surface area contributed by atoms with E-state index >= 15 is 0 Å². The number of nitrogens with one attached hydrogen (secondary N) is 1. The molecule has 2 nitrogen and oxygen atoms in total. The van der Waals surface area contributed by atoms with Gasteiger partial charge >= 0.3 is 0 Å². The standard InChI is InChI=1S/C7H14N2S2/c1-2-6-5-8-3-4-9(6)7(10)11/h6,8H,2-5H2,1H3,(H,10,11). The molecular weight excluding hydrogens is 176 g/mol. The first-order chi connectivity index (χ1) is 5.25. The monoisotopic (exact) mass is 190 g/mol. The highest BCUT2D eigenvalue weighted by Crippen LogP contribution is 2.09. The largest absolute Gasteiger partial charge is 0.352 e. The lowest BCUT2D eigenvalue weighted by atomic mass is 10.1. The Labute approximate surface area is 78.7 Å². The second-order valence-electron chi connectivity index (χ2n) is 2.74. The van der Waals surface area contributed by atoms with Crippen LogP contribution in [0.2, 0.25) is 0 Å². The Kier molecular flexibility index (Phi) is 3.62. The summed E-state index contributed by atoms with van der Waals surface area (Å²) in [6, 6.07) is 0.550. The van der Waals surface area contributed by atoms with Gasteiger partial charge in [0.25, 0.3) is 0 Å². The predicted molar refractivity (Wildman–Crippen MR) is 55.2 cm³/mol. The third kappa shape index (κ3) is 2.32. The van der Waals surface area contributed by atoms with Crippen LogP contribution in [0.15, 0.2) is 0 Å². The molecule has 0 amide bonds. The topological polar surface area (TPSA) is 15.3 Å². The van der Waals surface area contributed by atoms with E-state index in [1.165, 1.54) is 0 Å². The molecule has 0 bridgehead atoms. The van der Waals surface area contributed by atoms with Gasteiger partial charge in [0.1, 0.15) is 4.32 Å². The van der Waals surface area contributed by atoms with Crippen LogP contribution in [0.1, 0.15) is 13.3 Å². The van der Waals surface area contributed by atoms with Crippen LogP contribution in [-0.4, -0.2) is 34.9 Å². The van der Waals surface area contributed by atoms with Gasteiger partial charge in [-0.05, 0) is 6.42 Å². The smallest absolute Gasteiger partial charge is 0.133 e. The van der Waals surface area contributed by atoms with Crippen molar-refractivity contribution >= 4 is 29.2 Å². The van der Waals surface area contributed by atoms with Crippen molar-refractivity contribution in [3.8, 4) is 0 Å². The van der Waals surface area contributed by atoms with Crippen LogP contribution in [0, 0.1) is 0 Å². The molecule has 0 aromatic rings. The fraction of sp³-hybridized carbons (Fsp3) is 0.857. The summed E-state index contributed by atoms with van der Waals surface area (Å²) in [5.74, 6) is 0. The summed E-state index contributed by atoms with van der Waals surface area (Å²) < 4.78 is 0.735. The van der Waals surface area contributed by atoms with Crippen molar-refractivity contribution in [3.63, 3.8) is 0 Å².